The summed E-state index contributed by atoms with van der Waals surface area (Å²) in [5.74, 6) is 4.22. The second-order valence-electron chi connectivity index (χ2n) is 5.24. The van der Waals surface area contributed by atoms with E-state index in [0.717, 1.165) is 23.2 Å². The van der Waals surface area contributed by atoms with Crippen LogP contribution in [0.25, 0.3) is 0 Å². The molecule has 5 nitrogen and oxygen atoms in total. The maximum absolute atomic E-state index is 5.60. The molecule has 2 aromatic rings. The van der Waals surface area contributed by atoms with Crippen molar-refractivity contribution in [3.05, 3.63) is 35.3 Å². The summed E-state index contributed by atoms with van der Waals surface area (Å²) in [6.45, 7) is 8.95. The summed E-state index contributed by atoms with van der Waals surface area (Å²) in [4.78, 5) is 0. The Labute approximate surface area is 114 Å². The second kappa shape index (κ2) is 5.57. The highest BCUT2D eigenvalue weighted by atomic mass is 16.3. The molecular formula is C14H22N4O. The Kier molecular flexibility index (Phi) is 4.04. The number of furan rings is 1. The Balaban J connectivity index is 1.99. The van der Waals surface area contributed by atoms with Crippen LogP contribution in [0.2, 0.25) is 0 Å². The van der Waals surface area contributed by atoms with Crippen LogP contribution in [-0.2, 0) is 13.6 Å². The molecule has 104 valence electrons. The summed E-state index contributed by atoms with van der Waals surface area (Å²) in [5.41, 5.74) is 0. The van der Waals surface area contributed by atoms with Gasteiger partial charge in [-0.3, -0.25) is 0 Å². The second-order valence-corrected chi connectivity index (χ2v) is 5.24. The molecule has 0 saturated heterocycles. The molecule has 0 bridgehead atoms. The highest BCUT2D eigenvalue weighted by Crippen LogP contribution is 2.16. The van der Waals surface area contributed by atoms with Crippen LogP contribution >= 0.6 is 0 Å². The van der Waals surface area contributed by atoms with E-state index in [2.05, 4.69) is 40.9 Å². The Morgan fingerprint density at radius 1 is 1.26 bits per heavy atom. The zero-order valence-corrected chi connectivity index (χ0v) is 12.3. The van der Waals surface area contributed by atoms with E-state index in [0.29, 0.717) is 12.5 Å². The first-order valence-corrected chi connectivity index (χ1v) is 6.67. The van der Waals surface area contributed by atoms with Crippen LogP contribution in [0.5, 0.6) is 0 Å². The van der Waals surface area contributed by atoms with Crippen LogP contribution in [0.3, 0.4) is 0 Å². The lowest BCUT2D eigenvalue weighted by Gasteiger charge is -2.11. The first kappa shape index (κ1) is 13.8. The van der Waals surface area contributed by atoms with Gasteiger partial charge in [-0.2, -0.15) is 0 Å². The molecule has 2 rings (SSSR count). The van der Waals surface area contributed by atoms with Gasteiger partial charge in [-0.15, -0.1) is 10.2 Å². The highest BCUT2D eigenvalue weighted by Gasteiger charge is 2.14. The molecule has 0 aliphatic heterocycles. The fourth-order valence-corrected chi connectivity index (χ4v) is 2.06. The van der Waals surface area contributed by atoms with Gasteiger partial charge in [-0.1, -0.05) is 13.8 Å². The summed E-state index contributed by atoms with van der Waals surface area (Å²) in [5, 5.41) is 11.9. The van der Waals surface area contributed by atoms with Gasteiger partial charge in [-0.25, -0.2) is 0 Å². The summed E-state index contributed by atoms with van der Waals surface area (Å²) in [7, 11) is 2.01. The van der Waals surface area contributed by atoms with Crippen LogP contribution in [0.4, 0.5) is 0 Å². The average Bonchev–Trinajstić information content (AvgIpc) is 2.93. The van der Waals surface area contributed by atoms with Crippen molar-refractivity contribution in [2.45, 2.75) is 46.2 Å². The number of nitrogens with one attached hydrogen (secondary N) is 1. The van der Waals surface area contributed by atoms with Gasteiger partial charge in [0.1, 0.15) is 23.2 Å². The fraction of sp³-hybridized carbons (Fsp3) is 0.571. The monoisotopic (exact) mass is 262 g/mol. The number of aryl methyl sites for hydroxylation is 1. The predicted molar refractivity (Wildman–Crippen MR) is 73.8 cm³/mol. The Bertz CT molecular complexity index is 541. The van der Waals surface area contributed by atoms with Crippen molar-refractivity contribution in [2.24, 2.45) is 7.05 Å². The van der Waals surface area contributed by atoms with E-state index in [-0.39, 0.29) is 6.04 Å². The molecule has 19 heavy (non-hydrogen) atoms. The first-order chi connectivity index (χ1) is 8.99. The van der Waals surface area contributed by atoms with Crippen molar-refractivity contribution >= 4 is 0 Å². The van der Waals surface area contributed by atoms with Crippen LogP contribution in [0.15, 0.2) is 16.5 Å². The van der Waals surface area contributed by atoms with Crippen molar-refractivity contribution in [3.63, 3.8) is 0 Å². The summed E-state index contributed by atoms with van der Waals surface area (Å²) in [6, 6.07) is 4.14. The number of aromatic nitrogens is 3. The van der Waals surface area contributed by atoms with E-state index >= 15 is 0 Å². The van der Waals surface area contributed by atoms with Gasteiger partial charge in [0, 0.05) is 13.0 Å². The zero-order valence-electron chi connectivity index (χ0n) is 12.3. The Morgan fingerprint density at radius 3 is 2.53 bits per heavy atom. The van der Waals surface area contributed by atoms with Crippen LogP contribution in [0, 0.1) is 6.92 Å². The van der Waals surface area contributed by atoms with E-state index in [1.807, 2.05) is 26.1 Å². The zero-order chi connectivity index (χ0) is 14.0. The van der Waals surface area contributed by atoms with Gasteiger partial charge < -0.3 is 14.3 Å². The third kappa shape index (κ3) is 3.04. The molecule has 5 heteroatoms. The van der Waals surface area contributed by atoms with Gasteiger partial charge in [0.15, 0.2) is 0 Å². The smallest absolute Gasteiger partial charge is 0.146 e. The van der Waals surface area contributed by atoms with E-state index in [4.69, 9.17) is 4.42 Å². The predicted octanol–water partition coefficient (Wildman–Crippen LogP) is 2.69. The molecule has 1 N–H and O–H groups in total. The fourth-order valence-electron chi connectivity index (χ4n) is 2.06. The standard InChI is InChI=1S/C14H22N4O/c1-9(2)14-17-16-13(18(14)5)8-15-11(4)12-7-6-10(3)19-12/h6-7,9,11,15H,8H2,1-5H3/t11-/m1/s1. The topological polar surface area (TPSA) is 55.9 Å². The quantitative estimate of drug-likeness (QED) is 0.900. The molecule has 0 amide bonds. The molecule has 0 radical (unpaired) electrons. The first-order valence-electron chi connectivity index (χ1n) is 6.67. The number of nitrogens with zero attached hydrogens (tertiary/aromatic N) is 3. The maximum atomic E-state index is 5.60. The van der Waals surface area contributed by atoms with Crippen molar-refractivity contribution in [2.75, 3.05) is 0 Å². The van der Waals surface area contributed by atoms with Gasteiger partial charge >= 0.3 is 0 Å². The van der Waals surface area contributed by atoms with E-state index in [9.17, 15) is 0 Å². The Hall–Kier alpha value is -1.62. The highest BCUT2D eigenvalue weighted by molar-refractivity contribution is 5.09. The van der Waals surface area contributed by atoms with Crippen LogP contribution in [-0.4, -0.2) is 14.8 Å². The van der Waals surface area contributed by atoms with E-state index in [1.165, 1.54) is 0 Å². The van der Waals surface area contributed by atoms with E-state index in [1.54, 1.807) is 0 Å². The average molecular weight is 262 g/mol. The number of hydrogen-bond donors (Lipinski definition) is 1. The molecular weight excluding hydrogens is 240 g/mol. The molecule has 0 aliphatic carbocycles. The molecule has 0 aliphatic rings. The minimum absolute atomic E-state index is 0.160. The summed E-state index contributed by atoms with van der Waals surface area (Å²) < 4.78 is 7.66. The van der Waals surface area contributed by atoms with Crippen LogP contribution < -0.4 is 5.32 Å². The van der Waals surface area contributed by atoms with Crippen molar-refractivity contribution in [1.29, 1.82) is 0 Å². The molecule has 0 fully saturated rings. The van der Waals surface area contributed by atoms with Gasteiger partial charge in [0.25, 0.3) is 0 Å². The number of rotatable bonds is 5. The molecule has 1 atom stereocenters. The minimum atomic E-state index is 0.160. The van der Waals surface area contributed by atoms with Crippen molar-refractivity contribution in [3.8, 4) is 0 Å². The molecule has 2 heterocycles. The third-order valence-electron chi connectivity index (χ3n) is 3.27. The minimum Gasteiger partial charge on any atom is -0.465 e. The summed E-state index contributed by atoms with van der Waals surface area (Å²) >= 11 is 0. The lowest BCUT2D eigenvalue weighted by molar-refractivity contribution is 0.411. The van der Waals surface area contributed by atoms with Gasteiger partial charge in [0.2, 0.25) is 0 Å². The normalized spacial score (nSPS) is 13.2. The van der Waals surface area contributed by atoms with E-state index < -0.39 is 0 Å². The SMILES string of the molecule is Cc1ccc([C@@H](C)NCc2nnc(C(C)C)n2C)o1. The maximum Gasteiger partial charge on any atom is 0.146 e. The van der Waals surface area contributed by atoms with Gasteiger partial charge in [-0.05, 0) is 26.0 Å². The van der Waals surface area contributed by atoms with Crippen molar-refractivity contribution in [1.82, 2.24) is 20.1 Å². The molecule has 2 aromatic heterocycles. The molecule has 0 spiro atoms. The number of hydrogen-bond acceptors (Lipinski definition) is 4. The lowest BCUT2D eigenvalue weighted by Crippen LogP contribution is -2.20. The molecule has 0 aromatic carbocycles. The lowest BCUT2D eigenvalue weighted by atomic mass is 10.2. The summed E-state index contributed by atoms with van der Waals surface area (Å²) in [6.07, 6.45) is 0. The molecule has 0 saturated carbocycles. The van der Waals surface area contributed by atoms with Gasteiger partial charge in [0.05, 0.1) is 12.6 Å². The molecule has 0 unspecified atom stereocenters. The Morgan fingerprint density at radius 2 is 2.00 bits per heavy atom. The van der Waals surface area contributed by atoms with Crippen LogP contribution in [0.1, 0.15) is 55.9 Å². The third-order valence-corrected chi connectivity index (χ3v) is 3.27. The van der Waals surface area contributed by atoms with Crippen molar-refractivity contribution < 1.29 is 4.42 Å². The largest absolute Gasteiger partial charge is 0.465 e.